The molecule has 0 aromatic carbocycles. The van der Waals surface area contributed by atoms with Gasteiger partial charge in [-0.2, -0.15) is 0 Å². The van der Waals surface area contributed by atoms with E-state index in [-0.39, 0.29) is 5.60 Å². The third kappa shape index (κ3) is 0.0519. The summed E-state index contributed by atoms with van der Waals surface area (Å²) in [5, 5.41) is 11.0. The Morgan fingerprint density at radius 1 is 1.00 bits per heavy atom. The topological polar surface area (TPSA) is 20.2 Å². The second-order valence-electron chi connectivity index (χ2n) is 11.2. The van der Waals surface area contributed by atoms with Crippen LogP contribution in [0.25, 0.3) is 0 Å². The van der Waals surface area contributed by atoms with Crippen LogP contribution in [0.2, 0.25) is 42.8 Å². The Labute approximate surface area is 92.8 Å². The van der Waals surface area contributed by atoms with Crippen LogP contribution in [0, 0.1) is 0 Å². The van der Waals surface area contributed by atoms with Gasteiger partial charge >= 0.3 is 93.1 Å². The number of hydrogen-bond donors (Lipinski definition) is 1. The molecule has 10 rings (SSSR count). The number of fused-ring (bicyclic) bond motifs is 10. The summed E-state index contributed by atoms with van der Waals surface area (Å²) in [6.07, 6.45) is 0. The van der Waals surface area contributed by atoms with Crippen LogP contribution >= 0.6 is 15.9 Å². The van der Waals surface area contributed by atoms with Gasteiger partial charge in [-0.15, -0.1) is 0 Å². The number of halogens is 1. The summed E-state index contributed by atoms with van der Waals surface area (Å²) in [5.41, 5.74) is -0.346. The van der Waals surface area contributed by atoms with Crippen LogP contribution < -0.4 is 0 Å². The van der Waals surface area contributed by atoms with E-state index in [1.807, 2.05) is 0 Å². The maximum absolute atomic E-state index is 11.0. The van der Waals surface area contributed by atoms with Crippen molar-refractivity contribution in [2.24, 2.45) is 0 Å². The molecule has 10 aliphatic rings. The molecule has 1 spiro atoms. The van der Waals surface area contributed by atoms with Crippen LogP contribution in [0.15, 0.2) is 0 Å². The third-order valence-electron chi connectivity index (χ3n) is 15.6. The van der Waals surface area contributed by atoms with E-state index in [9.17, 15) is 5.11 Å². The molecule has 10 heterocycles. The molecule has 0 aromatic rings. The summed E-state index contributed by atoms with van der Waals surface area (Å²) in [6, 6.07) is 0. The summed E-state index contributed by atoms with van der Waals surface area (Å²) < 4.78 is 1.18. The number of rotatable bonds is 1. The predicted octanol–water partition coefficient (Wildman–Crippen LogP) is 3.82. The summed E-state index contributed by atoms with van der Waals surface area (Å²) in [4.78, 5) is 10.1. The van der Waals surface area contributed by atoms with Crippen LogP contribution in [0.1, 0.15) is 13.8 Å². The van der Waals surface area contributed by atoms with E-state index in [1.165, 1.54) is 38.5 Å². The first-order chi connectivity index (χ1) is 7.19. The Balaban J connectivity index is 1.83. The van der Waals surface area contributed by atoms with E-state index < -0.39 is 6.51 Å². The summed E-state index contributed by atoms with van der Waals surface area (Å²) >= 11 is 4.36. The van der Waals surface area contributed by atoms with Gasteiger partial charge in [0.2, 0.25) is 0 Å². The molecule has 5 atom stereocenters. The third-order valence-corrected chi connectivity index (χ3v) is 65.9. The van der Waals surface area contributed by atoms with Crippen molar-refractivity contribution < 1.29 is 11.6 Å². The fourth-order valence-electron chi connectivity index (χ4n) is 18.0. The van der Waals surface area contributed by atoms with Crippen molar-refractivity contribution in [1.82, 2.24) is 0 Å². The fraction of sp³-hybridized carbons (Fsp3) is 1.00. The second-order valence-corrected chi connectivity index (χ2v) is 36.4. The molecular formula is C13H15BrFeO. The Bertz CT molecular complexity index is 962. The second kappa shape index (κ2) is 0.462. The minimum absolute atomic E-state index is 0.346. The number of hydrogen-bond acceptors (Lipinski definition) is 1. The molecule has 1 N–H and O–H groups in total. The maximum atomic E-state index is 11.0. The van der Waals surface area contributed by atoms with Crippen molar-refractivity contribution in [3.05, 3.63) is 0 Å². The minimum atomic E-state index is -3.19. The molecule has 0 bridgehead atoms. The van der Waals surface area contributed by atoms with E-state index in [0.717, 1.165) is 0 Å². The predicted molar refractivity (Wildman–Crippen MR) is 60.6 cm³/mol. The molecule has 10 aliphatic heterocycles. The first-order valence-electron chi connectivity index (χ1n) is 6.81. The standard InChI is InChI=1S/C8H10BrO.C5H5.Fe/c1-8(2,10)6-4-3-5-7(6)9;1-2-4-5-3-1;/h3-5,10H,1-2H3;1-5H;. The Morgan fingerprint density at radius 2 is 1.50 bits per heavy atom. The monoisotopic (exact) mass is 322 g/mol. The van der Waals surface area contributed by atoms with Gasteiger partial charge in [-0.1, -0.05) is 0 Å². The zero-order valence-electron chi connectivity index (χ0n) is 9.30. The Morgan fingerprint density at radius 3 is 1.56 bits per heavy atom. The molecule has 10 fully saturated rings. The normalized spacial score (nSPS) is 132. The summed E-state index contributed by atoms with van der Waals surface area (Å²) in [5.74, 6) is 0. The first kappa shape index (κ1) is 6.41. The van der Waals surface area contributed by atoms with Gasteiger partial charge in [0.05, 0.1) is 0 Å². The van der Waals surface area contributed by atoms with Gasteiger partial charge < -0.3 is 0 Å². The van der Waals surface area contributed by atoms with Crippen molar-refractivity contribution in [2.75, 3.05) is 0 Å². The molecule has 1 nitrogen and oxygen atoms in total. The summed E-state index contributed by atoms with van der Waals surface area (Å²) in [6.45, 7) is 1.17. The van der Waals surface area contributed by atoms with Gasteiger partial charge in [0, 0.05) is 0 Å². The molecular weight excluding hydrogens is 308 g/mol. The van der Waals surface area contributed by atoms with E-state index in [1.54, 1.807) is 0 Å². The van der Waals surface area contributed by atoms with Crippen LogP contribution in [-0.4, -0.2) is 13.9 Å². The zero-order chi connectivity index (χ0) is 10.4. The van der Waals surface area contributed by atoms with Gasteiger partial charge in [0.15, 0.2) is 0 Å². The molecule has 0 radical (unpaired) electrons. The zero-order valence-corrected chi connectivity index (χ0v) is 12.0. The van der Waals surface area contributed by atoms with Crippen molar-refractivity contribution >= 4 is 15.9 Å². The van der Waals surface area contributed by atoms with Gasteiger partial charge in [-0.05, 0) is 0 Å². The Kier molecular flexibility index (Phi) is 0.185. The molecule has 0 aliphatic carbocycles. The molecule has 0 aromatic heterocycles. The molecule has 88 valence electrons. The van der Waals surface area contributed by atoms with Crippen molar-refractivity contribution in [2.45, 2.75) is 65.5 Å². The number of aliphatic hydroxyl groups is 1. The van der Waals surface area contributed by atoms with Crippen LogP contribution in [0.5, 0.6) is 0 Å². The Hall–Kier alpha value is 0.959. The summed E-state index contributed by atoms with van der Waals surface area (Å²) in [7, 11) is 0. The molecule has 16 heavy (non-hydrogen) atoms. The van der Waals surface area contributed by atoms with Gasteiger partial charge in [-0.3, -0.25) is 0 Å². The van der Waals surface area contributed by atoms with E-state index >= 15 is 0 Å². The van der Waals surface area contributed by atoms with Crippen LogP contribution in [-0.2, 0) is 6.51 Å². The van der Waals surface area contributed by atoms with E-state index in [0.29, 0.717) is 7.54 Å². The van der Waals surface area contributed by atoms with Gasteiger partial charge in [-0.25, -0.2) is 0 Å². The average Bonchev–Trinajstić information content (AvgIpc) is 3.09. The molecule has 0 saturated carbocycles. The van der Waals surface area contributed by atoms with Crippen LogP contribution in [0.4, 0.5) is 0 Å². The van der Waals surface area contributed by atoms with E-state index in [4.69, 9.17) is 0 Å². The molecule has 10 saturated heterocycles. The quantitative estimate of drug-likeness (QED) is 0.575. The van der Waals surface area contributed by atoms with Crippen molar-refractivity contribution in [3.8, 4) is 0 Å². The van der Waals surface area contributed by atoms with E-state index in [2.05, 4.69) is 29.8 Å². The SMILES string of the molecule is CC(C)(O)[C]12[CH]3[CH]4[CH]5[C]1(Br)[Fe]45321678[CH]2[CH]1[CH]6[CH]7[CH]28. The van der Waals surface area contributed by atoms with Gasteiger partial charge in [0.25, 0.3) is 0 Å². The first-order valence-corrected chi connectivity index (χ1v) is 13.8. The number of alkyl halides is 1. The average molecular weight is 323 g/mol. The van der Waals surface area contributed by atoms with Crippen LogP contribution in [0.3, 0.4) is 0 Å². The van der Waals surface area contributed by atoms with Gasteiger partial charge in [0.1, 0.15) is 0 Å². The van der Waals surface area contributed by atoms with Crippen molar-refractivity contribution in [3.63, 3.8) is 0 Å². The molecule has 5 unspecified atom stereocenters. The van der Waals surface area contributed by atoms with Crippen molar-refractivity contribution in [1.29, 1.82) is 0 Å². The molecule has 0 amide bonds. The fourth-order valence-corrected chi connectivity index (χ4v) is 107. The molecule has 3 heteroatoms.